The quantitative estimate of drug-likeness (QED) is 0.119. The third kappa shape index (κ3) is 6.12. The standard InChI is InChI=1S/C33H39Cl2N3O2S2/c34-27-7-5-23(6-8-27)28-19-24(4-2-1-3-9-36-10-12-37(35)13-11-36)29(40-28)20-30-32(39)38(33(41)42-30)31-25-15-21-14-22(17-25)18-26(31)16-21/h5-8,19-22,25-26,31H,1-4,9-18H2/b30-20-. The Labute approximate surface area is 269 Å². The topological polar surface area (TPSA) is 39.9 Å². The molecule has 0 atom stereocenters. The van der Waals surface area contributed by atoms with Gasteiger partial charge in [0.15, 0.2) is 0 Å². The third-order valence-electron chi connectivity index (χ3n) is 10.3. The summed E-state index contributed by atoms with van der Waals surface area (Å²) in [6.07, 6.45) is 12.7. The molecule has 2 aromatic rings. The van der Waals surface area contributed by atoms with E-state index in [1.165, 1.54) is 50.3 Å². The minimum atomic E-state index is 0.0786. The van der Waals surface area contributed by atoms with Crippen LogP contribution in [0.15, 0.2) is 39.7 Å². The first-order chi connectivity index (χ1) is 20.4. The Hall–Kier alpha value is -1.35. The Morgan fingerprint density at radius 1 is 0.952 bits per heavy atom. The van der Waals surface area contributed by atoms with E-state index in [-0.39, 0.29) is 11.9 Å². The predicted molar refractivity (Wildman–Crippen MR) is 176 cm³/mol. The number of benzene rings is 1. The molecule has 1 amide bonds. The second kappa shape index (κ2) is 12.6. The van der Waals surface area contributed by atoms with Gasteiger partial charge in [0.1, 0.15) is 15.8 Å². The molecule has 0 radical (unpaired) electrons. The molecule has 0 N–H and O–H groups in total. The lowest BCUT2D eigenvalue weighted by Gasteiger charge is -2.56. The van der Waals surface area contributed by atoms with Crippen LogP contribution in [0.5, 0.6) is 0 Å². The molecular formula is C33H39Cl2N3O2S2. The number of aryl methyl sites for hydroxylation is 1. The summed E-state index contributed by atoms with van der Waals surface area (Å²) in [5.41, 5.74) is 2.13. The van der Waals surface area contributed by atoms with E-state index >= 15 is 0 Å². The maximum Gasteiger partial charge on any atom is 0.266 e. The van der Waals surface area contributed by atoms with Crippen LogP contribution in [-0.4, -0.2) is 63.2 Å². The van der Waals surface area contributed by atoms with Crippen LogP contribution in [0.2, 0.25) is 5.02 Å². The van der Waals surface area contributed by atoms with E-state index in [1.807, 2.05) is 39.7 Å². The van der Waals surface area contributed by atoms with E-state index in [0.29, 0.717) is 21.8 Å². The van der Waals surface area contributed by atoms with Crippen molar-refractivity contribution in [1.29, 1.82) is 0 Å². The molecular weight excluding hydrogens is 605 g/mol. The minimum absolute atomic E-state index is 0.0786. The molecule has 8 rings (SSSR count). The number of nitrogens with zero attached hydrogens (tertiary/aromatic N) is 3. The summed E-state index contributed by atoms with van der Waals surface area (Å²) < 4.78 is 9.06. The Morgan fingerprint density at radius 3 is 2.33 bits per heavy atom. The van der Waals surface area contributed by atoms with Crippen LogP contribution in [0.1, 0.15) is 62.7 Å². The number of rotatable bonds is 9. The predicted octanol–water partition coefficient (Wildman–Crippen LogP) is 8.11. The molecule has 4 saturated carbocycles. The molecule has 6 aliphatic rings. The van der Waals surface area contributed by atoms with E-state index in [2.05, 4.69) is 11.0 Å². The van der Waals surface area contributed by atoms with E-state index in [9.17, 15) is 4.79 Å². The zero-order chi connectivity index (χ0) is 28.8. The molecule has 9 heteroatoms. The lowest BCUT2D eigenvalue weighted by molar-refractivity contribution is -0.130. The summed E-state index contributed by atoms with van der Waals surface area (Å²) in [5, 5.41) is 0.701. The molecule has 42 heavy (non-hydrogen) atoms. The summed E-state index contributed by atoms with van der Waals surface area (Å²) in [7, 11) is 0. The Balaban J connectivity index is 1.07. The number of thioether (sulfide) groups is 1. The summed E-state index contributed by atoms with van der Waals surface area (Å²) in [5.74, 6) is 4.62. The zero-order valence-electron chi connectivity index (χ0n) is 24.0. The van der Waals surface area contributed by atoms with Crippen LogP contribution < -0.4 is 0 Å². The monoisotopic (exact) mass is 643 g/mol. The van der Waals surface area contributed by atoms with Gasteiger partial charge in [-0.1, -0.05) is 42.0 Å². The molecule has 0 unspecified atom stereocenters. The summed E-state index contributed by atoms with van der Waals surface area (Å²) >= 11 is 19.6. The van der Waals surface area contributed by atoms with E-state index < -0.39 is 0 Å². The number of thiocarbonyl (C=S) groups is 1. The van der Waals surface area contributed by atoms with Crippen molar-refractivity contribution >= 4 is 63.7 Å². The first-order valence-corrected chi connectivity index (χ1v) is 17.6. The molecule has 4 aliphatic carbocycles. The third-order valence-corrected chi connectivity index (χ3v) is 12.2. The number of piperazine rings is 1. The van der Waals surface area contributed by atoms with E-state index in [0.717, 1.165) is 90.8 Å². The second-order valence-electron chi connectivity index (χ2n) is 13.0. The average molecular weight is 645 g/mol. The maximum atomic E-state index is 13.9. The van der Waals surface area contributed by atoms with Crippen LogP contribution in [0, 0.1) is 23.7 Å². The minimum Gasteiger partial charge on any atom is -0.456 e. The van der Waals surface area contributed by atoms with Gasteiger partial charge in [0, 0.05) is 48.9 Å². The first-order valence-electron chi connectivity index (χ1n) is 15.7. The maximum absolute atomic E-state index is 13.9. The van der Waals surface area contributed by atoms with Gasteiger partial charge in [0.2, 0.25) is 0 Å². The number of furan rings is 1. The van der Waals surface area contributed by atoms with Gasteiger partial charge in [-0.3, -0.25) is 9.69 Å². The molecule has 224 valence electrons. The number of halogens is 2. The molecule has 2 aliphatic heterocycles. The molecule has 5 nitrogen and oxygen atoms in total. The van der Waals surface area contributed by atoms with Crippen molar-refractivity contribution in [2.75, 3.05) is 32.7 Å². The highest BCUT2D eigenvalue weighted by Crippen LogP contribution is 2.56. The number of carbonyl (C=O) groups is 1. The van der Waals surface area contributed by atoms with Gasteiger partial charge in [-0.05, 0) is 129 Å². The first kappa shape index (κ1) is 29.4. The highest BCUT2D eigenvalue weighted by atomic mass is 35.5. The Bertz CT molecular complexity index is 1320. The van der Waals surface area contributed by atoms with E-state index in [4.69, 9.17) is 40.0 Å². The van der Waals surface area contributed by atoms with Crippen molar-refractivity contribution in [1.82, 2.24) is 14.2 Å². The fourth-order valence-corrected chi connectivity index (χ4v) is 10.1. The van der Waals surface area contributed by atoms with E-state index in [1.54, 1.807) is 0 Å². The molecule has 6 fully saturated rings. The molecule has 3 heterocycles. The highest BCUT2D eigenvalue weighted by molar-refractivity contribution is 8.26. The van der Waals surface area contributed by atoms with Crippen molar-refractivity contribution in [2.45, 2.75) is 63.8 Å². The van der Waals surface area contributed by atoms with Gasteiger partial charge in [-0.2, -0.15) is 0 Å². The SMILES string of the molecule is O=C1/C(=C/c2oc(-c3ccc(Cl)cc3)cc2CCCCCN2CCN(Cl)CC2)SC(=S)N1C1C2CC3CC(C2)CC1C3. The summed E-state index contributed by atoms with van der Waals surface area (Å²) in [6.45, 7) is 5.07. The number of unbranched alkanes of at least 4 members (excludes halogenated alkanes) is 2. The van der Waals surface area contributed by atoms with Crippen molar-refractivity contribution in [2.24, 2.45) is 23.7 Å². The molecule has 0 spiro atoms. The second-order valence-corrected chi connectivity index (χ2v) is 15.6. The molecule has 1 aromatic heterocycles. The van der Waals surface area contributed by atoms with Crippen molar-refractivity contribution in [3.63, 3.8) is 0 Å². The Kier molecular flexibility index (Phi) is 8.79. The lowest BCUT2D eigenvalue weighted by Crippen LogP contribution is -2.57. The molecule has 1 aromatic carbocycles. The van der Waals surface area contributed by atoms with Crippen molar-refractivity contribution in [3.05, 3.63) is 51.6 Å². The number of carbonyl (C=O) groups excluding carboxylic acids is 1. The van der Waals surface area contributed by atoms with Crippen molar-refractivity contribution < 1.29 is 9.21 Å². The summed E-state index contributed by atoms with van der Waals surface area (Å²) in [6, 6.07) is 10.2. The van der Waals surface area contributed by atoms with Crippen LogP contribution in [0.25, 0.3) is 17.4 Å². The van der Waals surface area contributed by atoms with Gasteiger partial charge in [0.05, 0.1) is 4.91 Å². The molecule has 2 saturated heterocycles. The van der Waals surface area contributed by atoms with Crippen LogP contribution in [-0.2, 0) is 11.2 Å². The van der Waals surface area contributed by atoms with Gasteiger partial charge in [-0.25, -0.2) is 4.42 Å². The number of amides is 1. The highest BCUT2D eigenvalue weighted by Gasteiger charge is 2.53. The average Bonchev–Trinajstić information content (AvgIpc) is 3.49. The van der Waals surface area contributed by atoms with Gasteiger partial charge >= 0.3 is 0 Å². The molecule has 4 bridgehead atoms. The normalized spacial score (nSPS) is 30.8. The zero-order valence-corrected chi connectivity index (χ0v) is 27.1. The van der Waals surface area contributed by atoms with Crippen LogP contribution in [0.4, 0.5) is 0 Å². The van der Waals surface area contributed by atoms with Gasteiger partial charge in [-0.15, -0.1) is 0 Å². The van der Waals surface area contributed by atoms with Gasteiger partial charge < -0.3 is 9.32 Å². The van der Waals surface area contributed by atoms with Crippen LogP contribution in [0.3, 0.4) is 0 Å². The number of hydrogen-bond acceptors (Lipinski definition) is 6. The summed E-state index contributed by atoms with van der Waals surface area (Å²) in [4.78, 5) is 19.1. The van der Waals surface area contributed by atoms with Crippen LogP contribution >= 0.6 is 47.4 Å². The Morgan fingerprint density at radius 2 is 1.64 bits per heavy atom. The smallest absolute Gasteiger partial charge is 0.266 e. The van der Waals surface area contributed by atoms with Crippen molar-refractivity contribution in [3.8, 4) is 11.3 Å². The fourth-order valence-electron chi connectivity index (χ4n) is 8.47. The number of hydrogen-bond donors (Lipinski definition) is 0. The lowest BCUT2D eigenvalue weighted by atomic mass is 9.54. The largest absolute Gasteiger partial charge is 0.456 e. The van der Waals surface area contributed by atoms with Gasteiger partial charge in [0.25, 0.3) is 5.91 Å². The fraction of sp³-hybridized carbons (Fsp3) is 0.576.